The first-order valence-electron chi connectivity index (χ1n) is 12.2. The van der Waals surface area contributed by atoms with Gasteiger partial charge < -0.3 is 10.6 Å². The van der Waals surface area contributed by atoms with E-state index in [2.05, 4.69) is 42.9 Å². The third-order valence-electron chi connectivity index (χ3n) is 6.46. The van der Waals surface area contributed by atoms with Crippen LogP contribution >= 0.6 is 34.2 Å². The number of nitrogens with one attached hydrogen (secondary N) is 3. The van der Waals surface area contributed by atoms with Crippen molar-refractivity contribution >= 4 is 72.4 Å². The van der Waals surface area contributed by atoms with Gasteiger partial charge in [-0.1, -0.05) is 40.3 Å². The van der Waals surface area contributed by atoms with Crippen LogP contribution in [0.1, 0.15) is 55.6 Å². The van der Waals surface area contributed by atoms with Crippen LogP contribution in [-0.2, 0) is 16.2 Å². The summed E-state index contributed by atoms with van der Waals surface area (Å²) in [6.45, 7) is 3.11. The molecule has 0 aliphatic heterocycles. The van der Waals surface area contributed by atoms with E-state index in [1.54, 1.807) is 38.1 Å². The van der Waals surface area contributed by atoms with Gasteiger partial charge in [0.25, 0.3) is 5.91 Å². The number of amides is 1. The summed E-state index contributed by atoms with van der Waals surface area (Å²) in [5.74, 6) is -0.369. The lowest BCUT2D eigenvalue weighted by Gasteiger charge is -2.38. The quantitative estimate of drug-likeness (QED) is 0.141. The van der Waals surface area contributed by atoms with E-state index in [4.69, 9.17) is 11.6 Å². The molecule has 0 spiro atoms. The lowest BCUT2D eigenvalue weighted by atomic mass is 9.90. The Kier molecular flexibility index (Phi) is 8.58. The number of sulfonamides is 1. The fraction of sp³-hybridized carbons (Fsp3) is 0.385. The maximum absolute atomic E-state index is 13.6. The van der Waals surface area contributed by atoms with E-state index in [1.807, 2.05) is 0 Å². The first-order valence-corrected chi connectivity index (χ1v) is 15.2. The van der Waals surface area contributed by atoms with Crippen LogP contribution in [0.3, 0.4) is 0 Å². The molecule has 1 fully saturated rings. The lowest BCUT2D eigenvalue weighted by molar-refractivity contribution is -0.140. The Labute approximate surface area is 243 Å². The van der Waals surface area contributed by atoms with Gasteiger partial charge in [-0.2, -0.15) is 13.2 Å². The highest BCUT2D eigenvalue weighted by Crippen LogP contribution is 2.41. The Morgan fingerprint density at radius 3 is 2.62 bits per heavy atom. The average molecular weight is 695 g/mol. The van der Waals surface area contributed by atoms with E-state index in [0.717, 1.165) is 12.5 Å². The standard InChI is InChI=1S/C26H27ClF3IN4O3S/c1-15(2)39(37,38)35-18-6-3-5-16(11-18)24(36)32-19-7-4-10-25(31,14-19)34-22-13-23(26(28,29)30)33-21-9-8-17(27)12-20(21)22/h3,5-6,8-9,11-13,15,19,35H,4,7,10,14H2,1-2H3,(H,32,36)(H,33,34)/t19-,25+/m1/s1. The van der Waals surface area contributed by atoms with Crippen molar-refractivity contribution < 1.29 is 26.4 Å². The van der Waals surface area contributed by atoms with Crippen molar-refractivity contribution in [3.8, 4) is 0 Å². The molecule has 2 atom stereocenters. The summed E-state index contributed by atoms with van der Waals surface area (Å²) in [4.78, 5) is 16.8. The molecule has 210 valence electrons. The predicted octanol–water partition coefficient (Wildman–Crippen LogP) is 6.97. The van der Waals surface area contributed by atoms with Gasteiger partial charge in [0.05, 0.1) is 14.3 Å². The van der Waals surface area contributed by atoms with E-state index in [1.165, 1.54) is 18.2 Å². The Hall–Kier alpha value is -2.32. The number of pyridine rings is 1. The SMILES string of the molecule is CC(C)S(=O)(=O)Nc1cccc(C(=O)N[C@@H]2CCC[C@](I)(Nc3cc(C(F)(F)F)nc4ccc(Cl)cc34)C2)c1. The topological polar surface area (TPSA) is 100 Å². The molecular weight excluding hydrogens is 668 g/mol. The fourth-order valence-corrected chi connectivity index (χ4v) is 6.49. The molecule has 4 rings (SSSR count). The number of anilines is 2. The van der Waals surface area contributed by atoms with Gasteiger partial charge in [-0.3, -0.25) is 9.52 Å². The minimum atomic E-state index is -4.62. The van der Waals surface area contributed by atoms with Crippen molar-refractivity contribution in [1.82, 2.24) is 10.3 Å². The van der Waals surface area contributed by atoms with Crippen molar-refractivity contribution in [2.75, 3.05) is 10.0 Å². The number of alkyl halides is 4. The molecule has 1 aliphatic rings. The van der Waals surface area contributed by atoms with Gasteiger partial charge >= 0.3 is 6.18 Å². The van der Waals surface area contributed by atoms with Crippen molar-refractivity contribution in [3.05, 3.63) is 64.8 Å². The number of hydrogen-bond donors (Lipinski definition) is 3. The van der Waals surface area contributed by atoms with Crippen LogP contribution in [0, 0.1) is 0 Å². The van der Waals surface area contributed by atoms with Crippen LogP contribution in [-0.4, -0.2) is 34.1 Å². The Balaban J connectivity index is 1.53. The van der Waals surface area contributed by atoms with E-state index in [-0.39, 0.29) is 28.8 Å². The highest BCUT2D eigenvalue weighted by atomic mass is 127. The molecule has 2 aromatic carbocycles. The largest absolute Gasteiger partial charge is 0.433 e. The Morgan fingerprint density at radius 2 is 1.92 bits per heavy atom. The number of fused-ring (bicyclic) bond motifs is 1. The molecule has 0 unspecified atom stereocenters. The van der Waals surface area contributed by atoms with Crippen LogP contribution in [0.4, 0.5) is 24.5 Å². The molecule has 1 aromatic heterocycles. The molecule has 0 saturated heterocycles. The van der Waals surface area contributed by atoms with Gasteiger partial charge in [-0.05, 0) is 82.0 Å². The second kappa shape index (κ2) is 11.3. The molecule has 13 heteroatoms. The molecule has 7 nitrogen and oxygen atoms in total. The van der Waals surface area contributed by atoms with Crippen molar-refractivity contribution in [2.45, 2.75) is 60.5 Å². The number of nitrogens with zero attached hydrogens (tertiary/aromatic N) is 1. The van der Waals surface area contributed by atoms with E-state index in [9.17, 15) is 26.4 Å². The van der Waals surface area contributed by atoms with Crippen molar-refractivity contribution in [2.24, 2.45) is 0 Å². The lowest BCUT2D eigenvalue weighted by Crippen LogP contribution is -2.46. The summed E-state index contributed by atoms with van der Waals surface area (Å²) in [7, 11) is -3.57. The summed E-state index contributed by atoms with van der Waals surface area (Å²) in [5, 5.41) is 6.49. The summed E-state index contributed by atoms with van der Waals surface area (Å²) in [6, 6.07) is 11.5. The Bertz CT molecular complexity index is 1500. The Morgan fingerprint density at radius 1 is 1.18 bits per heavy atom. The third-order valence-corrected chi connectivity index (χ3v) is 9.70. The second-order valence-corrected chi connectivity index (χ2v) is 14.6. The fourth-order valence-electron chi connectivity index (χ4n) is 4.42. The first-order chi connectivity index (χ1) is 18.1. The van der Waals surface area contributed by atoms with Gasteiger partial charge in [0.2, 0.25) is 10.0 Å². The summed E-state index contributed by atoms with van der Waals surface area (Å²) < 4.78 is 66.9. The van der Waals surface area contributed by atoms with Gasteiger partial charge in [-0.25, -0.2) is 13.4 Å². The van der Waals surface area contributed by atoms with Crippen LogP contribution in [0.25, 0.3) is 10.9 Å². The van der Waals surface area contributed by atoms with Gasteiger partial charge in [0, 0.05) is 33.4 Å². The zero-order chi connectivity index (χ0) is 28.6. The van der Waals surface area contributed by atoms with Crippen LogP contribution in [0.15, 0.2) is 48.5 Å². The molecule has 3 aromatic rings. The van der Waals surface area contributed by atoms with E-state index in [0.29, 0.717) is 35.2 Å². The maximum atomic E-state index is 13.6. The number of carbonyl (C=O) groups excluding carboxylic acids is 1. The average Bonchev–Trinajstić information content (AvgIpc) is 2.83. The molecule has 1 saturated carbocycles. The van der Waals surface area contributed by atoms with Gasteiger partial charge in [-0.15, -0.1) is 0 Å². The smallest absolute Gasteiger partial charge is 0.370 e. The summed E-state index contributed by atoms with van der Waals surface area (Å²) >= 11 is 8.33. The number of aromatic nitrogens is 1. The molecular formula is C26H27ClF3IN4O3S. The predicted molar refractivity (Wildman–Crippen MR) is 156 cm³/mol. The number of halogens is 5. The minimum absolute atomic E-state index is 0.172. The molecule has 1 amide bonds. The minimum Gasteiger partial charge on any atom is -0.370 e. The van der Waals surface area contributed by atoms with Crippen LogP contribution < -0.4 is 15.4 Å². The first kappa shape index (κ1) is 29.7. The zero-order valence-electron chi connectivity index (χ0n) is 21.1. The van der Waals surface area contributed by atoms with Gasteiger partial charge in [0.15, 0.2) is 0 Å². The highest BCUT2D eigenvalue weighted by molar-refractivity contribution is 14.1. The van der Waals surface area contributed by atoms with Crippen molar-refractivity contribution in [1.29, 1.82) is 0 Å². The van der Waals surface area contributed by atoms with E-state index >= 15 is 0 Å². The zero-order valence-corrected chi connectivity index (χ0v) is 24.8. The van der Waals surface area contributed by atoms with Crippen LogP contribution in [0.5, 0.6) is 0 Å². The molecule has 0 bridgehead atoms. The number of benzene rings is 2. The molecule has 3 N–H and O–H groups in total. The molecule has 0 radical (unpaired) electrons. The monoisotopic (exact) mass is 694 g/mol. The molecule has 1 heterocycles. The second-order valence-electron chi connectivity index (χ2n) is 9.85. The highest BCUT2D eigenvalue weighted by Gasteiger charge is 2.37. The molecule has 1 aliphatic carbocycles. The van der Waals surface area contributed by atoms with E-state index < -0.39 is 30.7 Å². The van der Waals surface area contributed by atoms with Gasteiger partial charge in [0.1, 0.15) is 5.69 Å². The maximum Gasteiger partial charge on any atom is 0.433 e. The number of rotatable bonds is 7. The van der Waals surface area contributed by atoms with Crippen molar-refractivity contribution in [3.63, 3.8) is 0 Å². The molecule has 39 heavy (non-hydrogen) atoms. The van der Waals surface area contributed by atoms with Crippen LogP contribution in [0.2, 0.25) is 5.02 Å². The summed E-state index contributed by atoms with van der Waals surface area (Å²) in [5.41, 5.74) is 0.00915. The normalized spacial score (nSPS) is 20.2. The summed E-state index contributed by atoms with van der Waals surface area (Å²) in [6.07, 6.45) is -2.09. The number of carbonyl (C=O) groups is 1. The third kappa shape index (κ3) is 7.26. The number of hydrogen-bond acceptors (Lipinski definition) is 5.